The van der Waals surface area contributed by atoms with Gasteiger partial charge >= 0.3 is 0 Å². The van der Waals surface area contributed by atoms with Crippen LogP contribution in [0.15, 0.2) is 23.1 Å². The Bertz CT molecular complexity index is 410. The van der Waals surface area contributed by atoms with E-state index in [0.717, 1.165) is 17.1 Å². The second kappa shape index (κ2) is 5.82. The quantitative estimate of drug-likeness (QED) is 0.719. The summed E-state index contributed by atoms with van der Waals surface area (Å²) in [6, 6.07) is 7.88. The summed E-state index contributed by atoms with van der Waals surface area (Å²) >= 11 is 13.4. The number of nitrogens with zero attached hydrogens (tertiary/aromatic N) is 1. The first-order valence-corrected chi connectivity index (χ1v) is 6.68. The number of benzene rings is 1. The minimum Gasteiger partial charge on any atom is -0.198 e. The van der Waals surface area contributed by atoms with Crippen LogP contribution in [-0.2, 0) is 0 Å². The highest BCUT2D eigenvalue weighted by atomic mass is 35.5. The molecular formula is C12H13Cl2NS. The van der Waals surface area contributed by atoms with Crippen molar-refractivity contribution in [2.24, 2.45) is 5.41 Å². The van der Waals surface area contributed by atoms with Crippen LogP contribution >= 0.6 is 35.0 Å². The van der Waals surface area contributed by atoms with E-state index in [-0.39, 0.29) is 5.41 Å². The fourth-order valence-electron chi connectivity index (χ4n) is 1.05. The zero-order valence-electron chi connectivity index (χ0n) is 9.26. The summed E-state index contributed by atoms with van der Waals surface area (Å²) in [7, 11) is 0. The zero-order chi connectivity index (χ0) is 12.2. The molecule has 86 valence electrons. The molecule has 1 nitrogen and oxygen atoms in total. The first kappa shape index (κ1) is 13.7. The van der Waals surface area contributed by atoms with Crippen LogP contribution in [0.3, 0.4) is 0 Å². The first-order valence-electron chi connectivity index (χ1n) is 4.94. The maximum Gasteiger partial charge on any atom is 0.0684 e. The number of hydrogen-bond acceptors (Lipinski definition) is 2. The largest absolute Gasteiger partial charge is 0.198 e. The lowest BCUT2D eigenvalue weighted by Crippen LogP contribution is -2.08. The van der Waals surface area contributed by atoms with Crippen molar-refractivity contribution >= 4 is 35.0 Å². The van der Waals surface area contributed by atoms with Crippen molar-refractivity contribution in [3.8, 4) is 6.07 Å². The van der Waals surface area contributed by atoms with Gasteiger partial charge in [-0.15, -0.1) is 11.8 Å². The lowest BCUT2D eigenvalue weighted by molar-refractivity contribution is 0.482. The van der Waals surface area contributed by atoms with Gasteiger partial charge in [-0.3, -0.25) is 0 Å². The molecule has 0 aliphatic rings. The fourth-order valence-corrected chi connectivity index (χ4v) is 2.62. The summed E-state index contributed by atoms with van der Waals surface area (Å²) in [5.74, 6) is 0.901. The van der Waals surface area contributed by atoms with Crippen LogP contribution in [0.2, 0.25) is 10.0 Å². The minimum absolute atomic E-state index is 0.261. The van der Waals surface area contributed by atoms with Crippen LogP contribution in [0, 0.1) is 16.7 Å². The van der Waals surface area contributed by atoms with E-state index in [1.165, 1.54) is 0 Å². The lowest BCUT2D eigenvalue weighted by atomic mass is 9.93. The number of rotatable bonds is 4. The van der Waals surface area contributed by atoms with Crippen molar-refractivity contribution in [3.63, 3.8) is 0 Å². The van der Waals surface area contributed by atoms with E-state index in [4.69, 9.17) is 28.5 Å². The Morgan fingerprint density at radius 2 is 2.00 bits per heavy atom. The highest BCUT2D eigenvalue weighted by Gasteiger charge is 2.15. The van der Waals surface area contributed by atoms with Gasteiger partial charge in [0.15, 0.2) is 0 Å². The maximum absolute atomic E-state index is 8.87. The molecule has 0 fully saturated rings. The van der Waals surface area contributed by atoms with E-state index in [1.54, 1.807) is 17.8 Å². The molecule has 0 amide bonds. The van der Waals surface area contributed by atoms with Crippen molar-refractivity contribution in [2.45, 2.75) is 25.2 Å². The van der Waals surface area contributed by atoms with Gasteiger partial charge in [-0.2, -0.15) is 5.26 Å². The SMILES string of the molecule is CC(C)(C#N)CCSc1ccc(Cl)c(Cl)c1. The molecular weight excluding hydrogens is 261 g/mol. The molecule has 0 heterocycles. The van der Waals surface area contributed by atoms with Crippen LogP contribution in [-0.4, -0.2) is 5.75 Å². The second-order valence-electron chi connectivity index (χ2n) is 4.17. The standard InChI is InChI=1S/C12H13Cl2NS/c1-12(2,8-15)5-6-16-9-3-4-10(13)11(14)7-9/h3-4,7H,5-6H2,1-2H3. The normalized spacial score (nSPS) is 11.2. The minimum atomic E-state index is -0.261. The zero-order valence-corrected chi connectivity index (χ0v) is 11.6. The maximum atomic E-state index is 8.87. The Morgan fingerprint density at radius 3 is 2.56 bits per heavy atom. The molecule has 0 saturated heterocycles. The molecule has 1 aromatic rings. The third-order valence-corrected chi connectivity index (χ3v) is 3.92. The topological polar surface area (TPSA) is 23.8 Å². The lowest BCUT2D eigenvalue weighted by Gasteiger charge is -2.14. The summed E-state index contributed by atoms with van der Waals surface area (Å²) in [5, 5.41) is 10.0. The molecule has 0 N–H and O–H groups in total. The monoisotopic (exact) mass is 273 g/mol. The Labute approximate surface area is 111 Å². The van der Waals surface area contributed by atoms with E-state index in [2.05, 4.69) is 6.07 Å². The number of thioether (sulfide) groups is 1. The van der Waals surface area contributed by atoms with Crippen molar-refractivity contribution < 1.29 is 0 Å². The Morgan fingerprint density at radius 1 is 1.31 bits per heavy atom. The molecule has 0 spiro atoms. The molecule has 0 aliphatic heterocycles. The van der Waals surface area contributed by atoms with Gasteiger partial charge in [0.1, 0.15) is 0 Å². The van der Waals surface area contributed by atoms with Gasteiger partial charge in [0.2, 0.25) is 0 Å². The molecule has 1 rings (SSSR count). The Hall–Kier alpha value is -0.360. The van der Waals surface area contributed by atoms with E-state index < -0.39 is 0 Å². The van der Waals surface area contributed by atoms with Crippen molar-refractivity contribution in [1.82, 2.24) is 0 Å². The van der Waals surface area contributed by atoms with E-state index in [0.29, 0.717) is 10.0 Å². The van der Waals surface area contributed by atoms with Crippen LogP contribution in [0.1, 0.15) is 20.3 Å². The summed E-state index contributed by atoms with van der Waals surface area (Å²) in [6.07, 6.45) is 0.856. The predicted octanol–water partition coefficient (Wildman–Crippen LogP) is 5.03. The molecule has 0 atom stereocenters. The number of nitriles is 1. The van der Waals surface area contributed by atoms with Crippen molar-refractivity contribution in [2.75, 3.05) is 5.75 Å². The molecule has 0 saturated carbocycles. The van der Waals surface area contributed by atoms with E-state index in [9.17, 15) is 0 Å². The molecule has 0 unspecified atom stereocenters. The third kappa shape index (κ3) is 4.25. The highest BCUT2D eigenvalue weighted by Crippen LogP contribution is 2.30. The van der Waals surface area contributed by atoms with Gasteiger partial charge in [-0.05, 0) is 44.2 Å². The van der Waals surface area contributed by atoms with E-state index >= 15 is 0 Å². The number of hydrogen-bond donors (Lipinski definition) is 0. The summed E-state index contributed by atoms with van der Waals surface area (Å²) in [5.41, 5.74) is -0.261. The predicted molar refractivity (Wildman–Crippen MR) is 71.2 cm³/mol. The average Bonchev–Trinajstić information content (AvgIpc) is 2.23. The first-order chi connectivity index (χ1) is 7.44. The smallest absolute Gasteiger partial charge is 0.0684 e. The molecule has 0 radical (unpaired) electrons. The van der Waals surface area contributed by atoms with Gasteiger partial charge in [0.25, 0.3) is 0 Å². The second-order valence-corrected chi connectivity index (χ2v) is 6.15. The fraction of sp³-hybridized carbons (Fsp3) is 0.417. The molecule has 4 heteroatoms. The highest BCUT2D eigenvalue weighted by molar-refractivity contribution is 7.99. The van der Waals surface area contributed by atoms with Crippen molar-refractivity contribution in [3.05, 3.63) is 28.2 Å². The summed E-state index contributed by atoms with van der Waals surface area (Å²) < 4.78 is 0. The van der Waals surface area contributed by atoms with Crippen LogP contribution in [0.5, 0.6) is 0 Å². The Kier molecular flexibility index (Phi) is 4.98. The van der Waals surface area contributed by atoms with Gasteiger partial charge in [0.05, 0.1) is 21.5 Å². The molecule has 16 heavy (non-hydrogen) atoms. The van der Waals surface area contributed by atoms with Gasteiger partial charge in [-0.25, -0.2) is 0 Å². The van der Waals surface area contributed by atoms with Gasteiger partial charge in [0, 0.05) is 4.90 Å². The van der Waals surface area contributed by atoms with Gasteiger partial charge < -0.3 is 0 Å². The summed E-state index contributed by atoms with van der Waals surface area (Å²) in [4.78, 5) is 1.09. The molecule has 0 aliphatic carbocycles. The number of halogens is 2. The molecule has 0 aromatic heterocycles. The molecule has 1 aromatic carbocycles. The Balaban J connectivity index is 2.50. The van der Waals surface area contributed by atoms with Crippen LogP contribution in [0.25, 0.3) is 0 Å². The molecule has 0 bridgehead atoms. The third-order valence-electron chi connectivity index (χ3n) is 2.19. The van der Waals surface area contributed by atoms with Crippen molar-refractivity contribution in [1.29, 1.82) is 5.26 Å². The summed E-state index contributed by atoms with van der Waals surface area (Å²) in [6.45, 7) is 3.89. The average molecular weight is 274 g/mol. The van der Waals surface area contributed by atoms with Crippen LogP contribution < -0.4 is 0 Å². The van der Waals surface area contributed by atoms with Gasteiger partial charge in [-0.1, -0.05) is 23.2 Å². The van der Waals surface area contributed by atoms with Crippen LogP contribution in [0.4, 0.5) is 0 Å². The van der Waals surface area contributed by atoms with E-state index in [1.807, 2.05) is 26.0 Å².